The number of rotatable bonds is 5. The molecule has 0 aromatic rings. The molecule has 3 heterocycles. The van der Waals surface area contributed by atoms with Gasteiger partial charge in [-0.05, 0) is 6.42 Å². The highest BCUT2D eigenvalue weighted by atomic mass is 16.2. The Bertz CT molecular complexity index is 530. The van der Waals surface area contributed by atoms with Crippen LogP contribution in [0.5, 0.6) is 0 Å². The lowest BCUT2D eigenvalue weighted by atomic mass is 9.86. The van der Waals surface area contributed by atoms with E-state index in [1.807, 2.05) is 4.90 Å². The Morgan fingerprint density at radius 2 is 2.24 bits per heavy atom. The number of likely N-dealkylation sites (tertiary alicyclic amines) is 1. The van der Waals surface area contributed by atoms with Gasteiger partial charge in [0.05, 0.1) is 0 Å². The van der Waals surface area contributed by atoms with Gasteiger partial charge in [-0.25, -0.2) is 0 Å². The van der Waals surface area contributed by atoms with Gasteiger partial charge in [0.15, 0.2) is 5.66 Å². The van der Waals surface area contributed by atoms with E-state index in [1.54, 1.807) is 0 Å². The molecule has 2 fully saturated rings. The monoisotopic (exact) mass is 288 g/mol. The average Bonchev–Trinajstić information content (AvgIpc) is 2.98. The molecular formula is C15H20N4O2. The van der Waals surface area contributed by atoms with Crippen molar-refractivity contribution in [3.8, 4) is 12.3 Å². The molecule has 112 valence electrons. The van der Waals surface area contributed by atoms with Gasteiger partial charge in [0, 0.05) is 57.2 Å². The van der Waals surface area contributed by atoms with E-state index < -0.39 is 0 Å². The molecule has 1 spiro atoms. The molecule has 3 aliphatic rings. The summed E-state index contributed by atoms with van der Waals surface area (Å²) in [5.74, 6) is 2.84. The van der Waals surface area contributed by atoms with Crippen LogP contribution in [0.4, 0.5) is 0 Å². The molecule has 2 amide bonds. The molecule has 0 bridgehead atoms. The number of terminal acetylenes is 1. The quantitative estimate of drug-likeness (QED) is 0.769. The van der Waals surface area contributed by atoms with E-state index in [4.69, 9.17) is 6.42 Å². The number of amides is 2. The van der Waals surface area contributed by atoms with E-state index >= 15 is 0 Å². The third kappa shape index (κ3) is 2.92. The van der Waals surface area contributed by atoms with Crippen LogP contribution in [0, 0.1) is 17.8 Å². The molecule has 6 heteroatoms. The molecule has 1 unspecified atom stereocenters. The third-order valence-corrected chi connectivity index (χ3v) is 4.78. The predicted molar refractivity (Wildman–Crippen MR) is 76.1 cm³/mol. The summed E-state index contributed by atoms with van der Waals surface area (Å²) in [5.41, 5.74) is -0.410. The van der Waals surface area contributed by atoms with Gasteiger partial charge in [-0.1, -0.05) is 0 Å². The fraction of sp³-hybridized carbons (Fsp3) is 0.733. The van der Waals surface area contributed by atoms with Crippen LogP contribution in [0.3, 0.4) is 0 Å². The van der Waals surface area contributed by atoms with Crippen LogP contribution >= 0.6 is 0 Å². The lowest BCUT2D eigenvalue weighted by Crippen LogP contribution is -2.33. The maximum atomic E-state index is 12.3. The SMILES string of the molecule is C#CCCC1(CCC(=O)N2CCC3(CNC(=O)C3)C2)N=N1. The zero-order valence-corrected chi connectivity index (χ0v) is 12.1. The highest BCUT2D eigenvalue weighted by Crippen LogP contribution is 2.39. The zero-order chi connectivity index (χ0) is 14.9. The zero-order valence-electron chi connectivity index (χ0n) is 12.1. The van der Waals surface area contributed by atoms with Crippen LogP contribution in [0.1, 0.15) is 38.5 Å². The van der Waals surface area contributed by atoms with Gasteiger partial charge < -0.3 is 10.2 Å². The highest BCUT2D eigenvalue weighted by Gasteiger charge is 2.46. The van der Waals surface area contributed by atoms with Gasteiger partial charge in [0.25, 0.3) is 0 Å². The molecule has 6 nitrogen and oxygen atoms in total. The summed E-state index contributed by atoms with van der Waals surface area (Å²) in [6.07, 6.45) is 9.19. The molecule has 0 radical (unpaired) electrons. The molecule has 0 aromatic carbocycles. The smallest absolute Gasteiger partial charge is 0.222 e. The topological polar surface area (TPSA) is 74.1 Å². The van der Waals surface area contributed by atoms with Crippen molar-refractivity contribution in [3.63, 3.8) is 0 Å². The standard InChI is InChI=1S/C15H20N4O2/c1-2-3-5-15(17-18-15)6-4-13(21)19-8-7-14(11-19)9-12(20)16-10-14/h1H,3-11H2,(H,16,20). The Hall–Kier alpha value is -1.90. The molecular weight excluding hydrogens is 268 g/mol. The van der Waals surface area contributed by atoms with E-state index in [2.05, 4.69) is 21.5 Å². The van der Waals surface area contributed by atoms with Gasteiger partial charge in [-0.15, -0.1) is 12.3 Å². The number of nitrogens with zero attached hydrogens (tertiary/aromatic N) is 3. The summed E-state index contributed by atoms with van der Waals surface area (Å²) < 4.78 is 0. The first-order chi connectivity index (χ1) is 10.1. The van der Waals surface area contributed by atoms with E-state index in [0.717, 1.165) is 19.4 Å². The van der Waals surface area contributed by atoms with Crippen LogP contribution in [-0.4, -0.2) is 42.0 Å². The van der Waals surface area contributed by atoms with Gasteiger partial charge in [0.2, 0.25) is 11.8 Å². The van der Waals surface area contributed by atoms with Crippen molar-refractivity contribution in [3.05, 3.63) is 0 Å². The minimum Gasteiger partial charge on any atom is -0.355 e. The van der Waals surface area contributed by atoms with Gasteiger partial charge in [-0.3, -0.25) is 9.59 Å². The maximum Gasteiger partial charge on any atom is 0.222 e. The van der Waals surface area contributed by atoms with E-state index in [-0.39, 0.29) is 22.9 Å². The fourth-order valence-electron chi connectivity index (χ4n) is 3.32. The van der Waals surface area contributed by atoms with Crippen LogP contribution in [0.2, 0.25) is 0 Å². The highest BCUT2D eigenvalue weighted by molar-refractivity contribution is 5.80. The molecule has 3 rings (SSSR count). The minimum absolute atomic E-state index is 0.0256. The number of carbonyl (C=O) groups is 2. The summed E-state index contributed by atoms with van der Waals surface area (Å²) in [6.45, 7) is 2.14. The van der Waals surface area contributed by atoms with Crippen molar-refractivity contribution < 1.29 is 9.59 Å². The van der Waals surface area contributed by atoms with Gasteiger partial charge >= 0.3 is 0 Å². The van der Waals surface area contributed by atoms with Crippen molar-refractivity contribution in [1.82, 2.24) is 10.2 Å². The first-order valence-electron chi connectivity index (χ1n) is 7.49. The minimum atomic E-state index is -0.385. The van der Waals surface area contributed by atoms with Gasteiger partial charge in [-0.2, -0.15) is 10.2 Å². The summed E-state index contributed by atoms with van der Waals surface area (Å²) in [5, 5.41) is 11.0. The molecule has 0 saturated carbocycles. The third-order valence-electron chi connectivity index (χ3n) is 4.78. The van der Waals surface area contributed by atoms with Crippen LogP contribution in [-0.2, 0) is 9.59 Å². The second-order valence-electron chi connectivity index (χ2n) is 6.41. The maximum absolute atomic E-state index is 12.3. The van der Waals surface area contributed by atoms with Crippen molar-refractivity contribution >= 4 is 11.8 Å². The second-order valence-corrected chi connectivity index (χ2v) is 6.41. The van der Waals surface area contributed by atoms with E-state index in [1.165, 1.54) is 0 Å². The van der Waals surface area contributed by atoms with Crippen LogP contribution < -0.4 is 5.32 Å². The Labute approximate surface area is 124 Å². The lowest BCUT2D eigenvalue weighted by molar-refractivity contribution is -0.131. The van der Waals surface area contributed by atoms with E-state index in [0.29, 0.717) is 38.8 Å². The number of carbonyl (C=O) groups excluding carboxylic acids is 2. The molecule has 21 heavy (non-hydrogen) atoms. The Morgan fingerprint density at radius 3 is 2.86 bits per heavy atom. The van der Waals surface area contributed by atoms with E-state index in [9.17, 15) is 9.59 Å². The van der Waals surface area contributed by atoms with Gasteiger partial charge in [0.1, 0.15) is 0 Å². The Morgan fingerprint density at radius 1 is 1.43 bits per heavy atom. The Kier molecular flexibility index (Phi) is 3.44. The predicted octanol–water partition coefficient (Wildman–Crippen LogP) is 1.08. The molecule has 1 N–H and O–H groups in total. The first-order valence-corrected chi connectivity index (χ1v) is 7.49. The summed E-state index contributed by atoms with van der Waals surface area (Å²) in [7, 11) is 0. The van der Waals surface area contributed by atoms with Crippen molar-refractivity contribution in [2.45, 2.75) is 44.2 Å². The number of hydrogen-bond donors (Lipinski definition) is 1. The molecule has 1 atom stereocenters. The summed E-state index contributed by atoms with van der Waals surface area (Å²) in [4.78, 5) is 25.6. The largest absolute Gasteiger partial charge is 0.355 e. The Balaban J connectivity index is 1.47. The molecule has 0 aromatic heterocycles. The van der Waals surface area contributed by atoms with Crippen molar-refractivity contribution in [2.75, 3.05) is 19.6 Å². The number of hydrogen-bond acceptors (Lipinski definition) is 4. The normalized spacial score (nSPS) is 28.7. The molecule has 2 saturated heterocycles. The summed E-state index contributed by atoms with van der Waals surface area (Å²) in [6, 6.07) is 0. The van der Waals surface area contributed by atoms with Crippen molar-refractivity contribution in [2.24, 2.45) is 15.6 Å². The fourth-order valence-corrected chi connectivity index (χ4v) is 3.32. The lowest BCUT2D eigenvalue weighted by Gasteiger charge is -2.22. The average molecular weight is 288 g/mol. The van der Waals surface area contributed by atoms with Crippen molar-refractivity contribution in [1.29, 1.82) is 0 Å². The van der Waals surface area contributed by atoms with Crippen LogP contribution in [0.25, 0.3) is 0 Å². The van der Waals surface area contributed by atoms with Crippen LogP contribution in [0.15, 0.2) is 10.2 Å². The summed E-state index contributed by atoms with van der Waals surface area (Å²) >= 11 is 0. The number of nitrogens with one attached hydrogen (secondary N) is 1. The molecule has 3 aliphatic heterocycles. The first kappa shape index (κ1) is 14.1. The second kappa shape index (κ2) is 5.14. The molecule has 0 aliphatic carbocycles.